The van der Waals surface area contributed by atoms with Crippen LogP contribution in [-0.2, 0) is 30.9 Å². The summed E-state index contributed by atoms with van der Waals surface area (Å²) in [7, 11) is 3.31. The molecule has 0 bridgehead atoms. The Morgan fingerprint density at radius 1 is 1.27 bits per heavy atom. The molecule has 3 rings (SSSR count). The van der Waals surface area contributed by atoms with E-state index in [-0.39, 0.29) is 6.04 Å². The molecule has 0 saturated heterocycles. The van der Waals surface area contributed by atoms with Crippen molar-refractivity contribution in [2.45, 2.75) is 52.4 Å². The van der Waals surface area contributed by atoms with E-state index in [0.29, 0.717) is 19.8 Å². The van der Waals surface area contributed by atoms with Gasteiger partial charge in [-0.25, -0.2) is 14.7 Å². The van der Waals surface area contributed by atoms with Crippen LogP contribution in [0.3, 0.4) is 0 Å². The topological polar surface area (TPSA) is 94.8 Å². The minimum absolute atomic E-state index is 0.238. The Morgan fingerprint density at radius 3 is 2.87 bits per heavy atom. The SMILES string of the molecule is CCNC(=NCc1ccc(OCC)c(OC)c1)NC1CCc2nc(COC)nn2C1. The third-order valence-electron chi connectivity index (χ3n) is 4.81. The van der Waals surface area contributed by atoms with Gasteiger partial charge in [0.05, 0.1) is 26.8 Å². The lowest BCUT2D eigenvalue weighted by molar-refractivity contribution is 0.177. The molecule has 2 heterocycles. The second-order valence-corrected chi connectivity index (χ2v) is 7.05. The Hall–Kier alpha value is -2.81. The summed E-state index contributed by atoms with van der Waals surface area (Å²) in [5.74, 6) is 4.01. The van der Waals surface area contributed by atoms with Crippen LogP contribution in [0.2, 0.25) is 0 Å². The first-order valence-electron chi connectivity index (χ1n) is 10.4. The van der Waals surface area contributed by atoms with E-state index < -0.39 is 0 Å². The maximum atomic E-state index is 5.59. The number of nitrogens with one attached hydrogen (secondary N) is 2. The standard InChI is InChI=1S/C21H32N6O3/c1-5-22-21(23-12-15-7-9-17(30-6-2)18(11-15)29-4)24-16-8-10-20-25-19(14-28-3)26-27(20)13-16/h7,9,11,16H,5-6,8,10,12-14H2,1-4H3,(H2,22,23,24). The number of hydrogen-bond donors (Lipinski definition) is 2. The van der Waals surface area contributed by atoms with Crippen molar-refractivity contribution < 1.29 is 14.2 Å². The van der Waals surface area contributed by atoms with Crippen LogP contribution in [-0.4, -0.2) is 54.1 Å². The molecule has 30 heavy (non-hydrogen) atoms. The number of nitrogens with zero attached hydrogens (tertiary/aromatic N) is 4. The van der Waals surface area contributed by atoms with E-state index in [0.717, 1.165) is 60.6 Å². The van der Waals surface area contributed by atoms with Crippen molar-refractivity contribution in [1.82, 2.24) is 25.4 Å². The zero-order chi connectivity index (χ0) is 21.3. The van der Waals surface area contributed by atoms with E-state index in [1.165, 1.54) is 0 Å². The highest BCUT2D eigenvalue weighted by Crippen LogP contribution is 2.28. The maximum absolute atomic E-state index is 5.59. The van der Waals surface area contributed by atoms with Crippen LogP contribution in [0, 0.1) is 0 Å². The van der Waals surface area contributed by atoms with E-state index in [1.807, 2.05) is 29.8 Å². The molecule has 164 valence electrons. The molecule has 1 aromatic heterocycles. The second-order valence-electron chi connectivity index (χ2n) is 7.05. The molecule has 1 unspecified atom stereocenters. The zero-order valence-corrected chi connectivity index (χ0v) is 18.3. The van der Waals surface area contributed by atoms with Crippen molar-refractivity contribution in [3.63, 3.8) is 0 Å². The molecule has 9 heteroatoms. The van der Waals surface area contributed by atoms with Crippen molar-refractivity contribution in [2.24, 2.45) is 4.99 Å². The summed E-state index contributed by atoms with van der Waals surface area (Å²) in [6.45, 7) is 7.14. The largest absolute Gasteiger partial charge is 0.493 e. The molecule has 0 radical (unpaired) electrons. The molecular weight excluding hydrogens is 384 g/mol. The summed E-state index contributed by atoms with van der Waals surface area (Å²) in [6, 6.07) is 6.15. The van der Waals surface area contributed by atoms with E-state index >= 15 is 0 Å². The van der Waals surface area contributed by atoms with Crippen LogP contribution in [0.4, 0.5) is 0 Å². The van der Waals surface area contributed by atoms with Gasteiger partial charge in [-0.2, -0.15) is 5.10 Å². The van der Waals surface area contributed by atoms with E-state index in [9.17, 15) is 0 Å². The van der Waals surface area contributed by atoms with Crippen LogP contribution in [0.15, 0.2) is 23.2 Å². The zero-order valence-electron chi connectivity index (χ0n) is 18.3. The fourth-order valence-corrected chi connectivity index (χ4v) is 3.44. The fourth-order valence-electron chi connectivity index (χ4n) is 3.44. The molecule has 0 fully saturated rings. The molecule has 2 aromatic rings. The van der Waals surface area contributed by atoms with Crippen LogP contribution >= 0.6 is 0 Å². The van der Waals surface area contributed by atoms with Gasteiger partial charge in [0.15, 0.2) is 23.3 Å². The van der Waals surface area contributed by atoms with Crippen LogP contribution in [0.25, 0.3) is 0 Å². The number of aliphatic imine (C=N–C) groups is 1. The molecule has 0 spiro atoms. The van der Waals surface area contributed by atoms with Gasteiger partial charge in [0.2, 0.25) is 0 Å². The monoisotopic (exact) mass is 416 g/mol. The van der Waals surface area contributed by atoms with E-state index in [2.05, 4.69) is 27.6 Å². The molecule has 0 saturated carbocycles. The predicted octanol–water partition coefficient (Wildman–Crippen LogP) is 1.90. The highest BCUT2D eigenvalue weighted by molar-refractivity contribution is 5.80. The highest BCUT2D eigenvalue weighted by Gasteiger charge is 2.22. The van der Waals surface area contributed by atoms with Crippen molar-refractivity contribution in [3.05, 3.63) is 35.4 Å². The second kappa shape index (κ2) is 10.8. The third-order valence-corrected chi connectivity index (χ3v) is 4.81. The van der Waals surface area contributed by atoms with Crippen molar-refractivity contribution >= 4 is 5.96 Å². The molecule has 1 aromatic carbocycles. The number of hydrogen-bond acceptors (Lipinski definition) is 6. The summed E-state index contributed by atoms with van der Waals surface area (Å²) >= 11 is 0. The first kappa shape index (κ1) is 21.9. The first-order chi connectivity index (χ1) is 14.7. The Balaban J connectivity index is 1.64. The maximum Gasteiger partial charge on any atom is 0.191 e. The summed E-state index contributed by atoms with van der Waals surface area (Å²) in [5.41, 5.74) is 1.05. The van der Waals surface area contributed by atoms with E-state index in [1.54, 1.807) is 14.2 Å². The lowest BCUT2D eigenvalue weighted by atomic mass is 10.1. The Kier molecular flexibility index (Phi) is 7.89. The molecule has 0 aliphatic carbocycles. The molecule has 9 nitrogen and oxygen atoms in total. The van der Waals surface area contributed by atoms with Gasteiger partial charge in [0.1, 0.15) is 12.4 Å². The third kappa shape index (κ3) is 5.63. The quantitative estimate of drug-likeness (QED) is 0.476. The first-order valence-corrected chi connectivity index (χ1v) is 10.4. The summed E-state index contributed by atoms with van der Waals surface area (Å²) < 4.78 is 18.1. The van der Waals surface area contributed by atoms with Gasteiger partial charge in [0.25, 0.3) is 0 Å². The van der Waals surface area contributed by atoms with Crippen LogP contribution < -0.4 is 20.1 Å². The number of fused-ring (bicyclic) bond motifs is 1. The minimum Gasteiger partial charge on any atom is -0.493 e. The number of ether oxygens (including phenoxy) is 3. The number of guanidine groups is 1. The fraction of sp³-hybridized carbons (Fsp3) is 0.571. The molecular formula is C21H32N6O3. The minimum atomic E-state index is 0.238. The normalized spacial score (nSPS) is 16.1. The summed E-state index contributed by atoms with van der Waals surface area (Å²) in [6.07, 6.45) is 1.86. The van der Waals surface area contributed by atoms with Crippen LogP contribution in [0.1, 0.15) is 37.5 Å². The average molecular weight is 417 g/mol. The van der Waals surface area contributed by atoms with E-state index in [4.69, 9.17) is 19.2 Å². The Morgan fingerprint density at radius 2 is 2.13 bits per heavy atom. The summed E-state index contributed by atoms with van der Waals surface area (Å²) in [5, 5.41) is 11.4. The molecule has 1 aliphatic heterocycles. The van der Waals surface area contributed by atoms with Gasteiger partial charge < -0.3 is 24.8 Å². The highest BCUT2D eigenvalue weighted by atomic mass is 16.5. The van der Waals surface area contributed by atoms with Gasteiger partial charge in [-0.3, -0.25) is 0 Å². The number of methoxy groups -OCH3 is 2. The molecule has 1 atom stereocenters. The molecule has 1 aliphatic rings. The van der Waals surface area contributed by atoms with Gasteiger partial charge in [-0.15, -0.1) is 0 Å². The molecule has 2 N–H and O–H groups in total. The van der Waals surface area contributed by atoms with Gasteiger partial charge in [-0.05, 0) is 38.0 Å². The predicted molar refractivity (Wildman–Crippen MR) is 115 cm³/mol. The lowest BCUT2D eigenvalue weighted by Gasteiger charge is -2.25. The Labute approximate surface area is 177 Å². The van der Waals surface area contributed by atoms with Crippen molar-refractivity contribution in [3.8, 4) is 11.5 Å². The van der Waals surface area contributed by atoms with Gasteiger partial charge in [0, 0.05) is 26.1 Å². The number of aromatic nitrogens is 3. The number of rotatable bonds is 9. The van der Waals surface area contributed by atoms with Crippen molar-refractivity contribution in [2.75, 3.05) is 27.4 Å². The summed E-state index contributed by atoms with van der Waals surface area (Å²) in [4.78, 5) is 9.29. The number of aryl methyl sites for hydroxylation is 1. The average Bonchev–Trinajstić information content (AvgIpc) is 3.15. The molecule has 0 amide bonds. The van der Waals surface area contributed by atoms with Gasteiger partial charge in [-0.1, -0.05) is 6.07 Å². The van der Waals surface area contributed by atoms with Gasteiger partial charge >= 0.3 is 0 Å². The Bertz CT molecular complexity index is 851. The van der Waals surface area contributed by atoms with Crippen molar-refractivity contribution in [1.29, 1.82) is 0 Å². The lowest BCUT2D eigenvalue weighted by Crippen LogP contribution is -2.47. The smallest absolute Gasteiger partial charge is 0.191 e. The van der Waals surface area contributed by atoms with Crippen LogP contribution in [0.5, 0.6) is 11.5 Å². The number of benzene rings is 1.